The largest absolute Gasteiger partial charge is 0.458 e. The van der Waals surface area contributed by atoms with Crippen LogP contribution in [0.1, 0.15) is 153 Å². The molecule has 16 heteroatoms. The van der Waals surface area contributed by atoms with Gasteiger partial charge in [-0.05, 0) is 98.7 Å². The number of nitrogens with zero attached hydrogens (tertiary/aromatic N) is 4. The van der Waals surface area contributed by atoms with Crippen LogP contribution >= 0.6 is 0 Å². The molecular weight excluding hydrogens is 917 g/mol. The van der Waals surface area contributed by atoms with Crippen LogP contribution in [0.5, 0.6) is 0 Å². The van der Waals surface area contributed by atoms with Gasteiger partial charge in [-0.15, -0.1) is 13.2 Å². The molecule has 2 aliphatic heterocycles. The van der Waals surface area contributed by atoms with Gasteiger partial charge in [0, 0.05) is 78.7 Å². The zero-order valence-electron chi connectivity index (χ0n) is 43.8. The molecule has 4 bridgehead atoms. The number of nitrogens with one attached hydrogen (secondary N) is 2. The first-order valence-electron chi connectivity index (χ1n) is 26.8. The second-order valence-electron chi connectivity index (χ2n) is 24.4. The van der Waals surface area contributed by atoms with Gasteiger partial charge in [-0.25, -0.2) is 14.6 Å². The predicted octanol–water partition coefficient (Wildman–Crippen LogP) is 7.16. The lowest BCUT2D eigenvalue weighted by Gasteiger charge is -2.61. The van der Waals surface area contributed by atoms with Crippen LogP contribution in [0.4, 0.5) is 11.9 Å². The standard InChI is InChI=1S/2C28H39N3O5/c1-6-26(4)14-20(36-24(35)18-15-31-13-7-12-29-25(31)30-23(18)34)27(5)16(2)8-10-28(17(3)22(26)33)11-9-19(32)21(27)28;1-6-26(4)14-20(36-24(35)18-15-30-25-29-12-7-13-31(25)23(18)34)27(5)16(2)8-10-28(17(3)22(26)33)11-9-19(32)21(27)28/h6,15-17,20-22,33H,1,7-14H2,2-5H3,(H,29,30,34);6,15-17,20-22,33H,1,7-14H2,2-5H3,(H,29,30)/t2*16?,17-,20+,21?,22-,26+,27-,28-/m00/s1. The molecule has 16 atom stereocenters. The summed E-state index contributed by atoms with van der Waals surface area (Å²) in [6, 6.07) is 0. The van der Waals surface area contributed by atoms with Crippen molar-refractivity contribution in [2.24, 2.45) is 68.0 Å². The molecule has 392 valence electrons. The quantitative estimate of drug-likeness (QED) is 0.167. The van der Waals surface area contributed by atoms with Crippen LogP contribution in [-0.2, 0) is 32.2 Å². The molecule has 4 N–H and O–H groups in total. The van der Waals surface area contributed by atoms with Crippen LogP contribution in [0.15, 0.2) is 47.3 Å². The van der Waals surface area contributed by atoms with Gasteiger partial charge in [0.2, 0.25) is 11.9 Å². The van der Waals surface area contributed by atoms with Crippen molar-refractivity contribution in [1.82, 2.24) is 19.1 Å². The van der Waals surface area contributed by atoms with E-state index >= 15 is 0 Å². The zero-order chi connectivity index (χ0) is 52.1. The number of hydrogen-bond acceptors (Lipinski definition) is 14. The fourth-order valence-electron chi connectivity index (χ4n) is 16.2. The molecule has 6 saturated carbocycles. The van der Waals surface area contributed by atoms with E-state index in [1.807, 2.05) is 13.8 Å². The van der Waals surface area contributed by atoms with Crippen LogP contribution in [-0.4, -0.2) is 90.3 Å². The van der Waals surface area contributed by atoms with Crippen molar-refractivity contribution in [2.75, 3.05) is 23.7 Å². The third kappa shape index (κ3) is 7.71. The Morgan fingerprint density at radius 3 is 1.68 bits per heavy atom. The number of anilines is 2. The molecule has 6 aliphatic carbocycles. The van der Waals surface area contributed by atoms with Crippen LogP contribution in [0.3, 0.4) is 0 Å². The van der Waals surface area contributed by atoms with Crippen LogP contribution in [0.2, 0.25) is 0 Å². The summed E-state index contributed by atoms with van der Waals surface area (Å²) in [5.41, 5.74) is -4.63. The third-order valence-electron chi connectivity index (χ3n) is 21.3. The fourth-order valence-corrected chi connectivity index (χ4v) is 16.2. The van der Waals surface area contributed by atoms with Crippen molar-refractivity contribution in [3.8, 4) is 0 Å². The minimum Gasteiger partial charge on any atom is -0.458 e. The number of fused-ring (bicyclic) bond motifs is 2. The summed E-state index contributed by atoms with van der Waals surface area (Å²) in [7, 11) is 0. The van der Waals surface area contributed by atoms with Crippen molar-refractivity contribution in [3.63, 3.8) is 0 Å². The van der Waals surface area contributed by atoms with Crippen LogP contribution < -0.4 is 21.8 Å². The van der Waals surface area contributed by atoms with Crippen molar-refractivity contribution in [2.45, 2.75) is 170 Å². The number of aromatic nitrogens is 4. The van der Waals surface area contributed by atoms with Crippen molar-refractivity contribution < 1.29 is 38.9 Å². The number of ether oxygens (including phenoxy) is 2. The Hall–Kier alpha value is -4.96. The molecule has 0 aromatic carbocycles. The second-order valence-corrected chi connectivity index (χ2v) is 24.4. The molecule has 0 spiro atoms. The minimum absolute atomic E-state index is 0.0950. The summed E-state index contributed by atoms with van der Waals surface area (Å²) in [6.07, 6.45) is 11.8. The van der Waals surface area contributed by atoms with E-state index in [-0.39, 0.29) is 69.0 Å². The number of Topliss-reactive ketones (excluding diaryl/α,β-unsaturated/α-hetero) is 2. The van der Waals surface area contributed by atoms with E-state index in [4.69, 9.17) is 9.47 Å². The number of rotatable bonds is 6. The van der Waals surface area contributed by atoms with E-state index in [2.05, 4.69) is 75.3 Å². The van der Waals surface area contributed by atoms with Gasteiger partial charge < -0.3 is 34.9 Å². The van der Waals surface area contributed by atoms with Gasteiger partial charge in [0.25, 0.3) is 11.1 Å². The SMILES string of the molecule is C=C[C@]1(C)C[C@@H](OC(=O)c2cn3c(nc2=O)NCCC3)[C@]2(C)C(C)CC[C@]3(CCC(=O)C32)[C@@H](C)[C@@H]1O.C=C[C@]1(C)C[C@@H](OC(=O)c2cnc3n(c2=O)CCCN3)[C@]2(C)C(C)CC[C@]3(CCC(=O)C32)[C@@H](C)[C@@H]1O. The number of aliphatic hydroxyl groups is 2. The van der Waals surface area contributed by atoms with Gasteiger partial charge in [0.1, 0.15) is 34.9 Å². The Morgan fingerprint density at radius 2 is 1.18 bits per heavy atom. The molecule has 0 amide bonds. The third-order valence-corrected chi connectivity index (χ3v) is 21.3. The normalized spacial score (nSPS) is 41.8. The fraction of sp³-hybridized carbons (Fsp3) is 0.714. The minimum atomic E-state index is -0.732. The van der Waals surface area contributed by atoms with Gasteiger partial charge in [-0.3, -0.25) is 23.7 Å². The highest BCUT2D eigenvalue weighted by Gasteiger charge is 2.70. The molecular formula is C56H78N6O10. The lowest BCUT2D eigenvalue weighted by atomic mass is 9.44. The first kappa shape index (κ1) is 51.9. The number of aliphatic hydroxyl groups excluding tert-OH is 2. The maximum absolute atomic E-state index is 13.6. The Labute approximate surface area is 423 Å². The van der Waals surface area contributed by atoms with E-state index in [1.54, 1.807) is 16.7 Å². The lowest BCUT2D eigenvalue weighted by Crippen LogP contribution is -2.63. The summed E-state index contributed by atoms with van der Waals surface area (Å²) in [6.45, 7) is 27.2. The highest BCUT2D eigenvalue weighted by Crippen LogP contribution is 2.69. The number of ketones is 2. The average molecular weight is 995 g/mol. The van der Waals surface area contributed by atoms with Gasteiger partial charge in [0.15, 0.2) is 0 Å². The number of carbonyl (C=O) groups is 4. The number of carbonyl (C=O) groups excluding carboxylic acids is 4. The maximum atomic E-state index is 13.6. The van der Waals surface area contributed by atoms with E-state index in [0.29, 0.717) is 50.7 Å². The smallest absolute Gasteiger partial charge is 0.345 e. The molecule has 10 rings (SSSR count). The average Bonchev–Trinajstić information content (AvgIpc) is 3.92. The summed E-state index contributed by atoms with van der Waals surface area (Å²) < 4.78 is 15.8. The van der Waals surface area contributed by atoms with Crippen molar-refractivity contribution in [1.29, 1.82) is 0 Å². The van der Waals surface area contributed by atoms with Gasteiger partial charge in [-0.2, -0.15) is 4.98 Å². The van der Waals surface area contributed by atoms with E-state index in [9.17, 15) is 39.0 Å². The molecule has 8 aliphatic rings. The number of hydrogen-bond donors (Lipinski definition) is 4. The van der Waals surface area contributed by atoms with E-state index < -0.39 is 69.1 Å². The van der Waals surface area contributed by atoms with E-state index in [1.165, 1.54) is 17.0 Å². The first-order chi connectivity index (χ1) is 34.0. The molecule has 4 unspecified atom stereocenters. The molecule has 16 nitrogen and oxygen atoms in total. The Balaban J connectivity index is 0.000000178. The molecule has 4 heterocycles. The van der Waals surface area contributed by atoms with Gasteiger partial charge in [0.05, 0.1) is 18.4 Å². The van der Waals surface area contributed by atoms with Gasteiger partial charge in [-0.1, -0.05) is 67.5 Å². The van der Waals surface area contributed by atoms with Crippen LogP contribution in [0, 0.1) is 68.0 Å². The Morgan fingerprint density at radius 1 is 0.708 bits per heavy atom. The molecule has 2 aromatic rings. The highest BCUT2D eigenvalue weighted by molar-refractivity contribution is 5.90. The van der Waals surface area contributed by atoms with Gasteiger partial charge >= 0.3 is 11.9 Å². The topological polar surface area (TPSA) is 221 Å². The lowest BCUT2D eigenvalue weighted by molar-refractivity contribution is -0.192. The summed E-state index contributed by atoms with van der Waals surface area (Å²) in [5, 5.41) is 29.5. The first-order valence-corrected chi connectivity index (χ1v) is 26.8. The number of esters is 2. The molecule has 0 saturated heterocycles. The molecule has 2 aromatic heterocycles. The Bertz CT molecular complexity index is 2570. The zero-order valence-corrected chi connectivity index (χ0v) is 43.8. The highest BCUT2D eigenvalue weighted by atomic mass is 16.5. The summed E-state index contributed by atoms with van der Waals surface area (Å²) >= 11 is 0. The molecule has 6 fully saturated rings. The Kier molecular flexibility index (Phi) is 13.3. The number of aryl methyl sites for hydroxylation is 1. The second kappa shape index (κ2) is 18.5. The van der Waals surface area contributed by atoms with E-state index in [0.717, 1.165) is 64.5 Å². The molecule has 0 radical (unpaired) electrons. The predicted molar refractivity (Wildman–Crippen MR) is 271 cm³/mol. The monoisotopic (exact) mass is 995 g/mol. The summed E-state index contributed by atoms with van der Waals surface area (Å²) in [4.78, 5) is 88.5. The van der Waals surface area contributed by atoms with Crippen molar-refractivity contribution >= 4 is 35.4 Å². The molecule has 72 heavy (non-hydrogen) atoms. The maximum Gasteiger partial charge on any atom is 0.345 e. The van der Waals surface area contributed by atoms with Crippen molar-refractivity contribution in [3.05, 3.63) is 69.5 Å². The van der Waals surface area contributed by atoms with Crippen LogP contribution in [0.25, 0.3) is 0 Å². The summed E-state index contributed by atoms with van der Waals surface area (Å²) in [5.74, 6) is -0.678.